The lowest BCUT2D eigenvalue weighted by atomic mass is 9.82. The number of anilines is 1. The molecule has 2 aromatic rings. The predicted octanol–water partition coefficient (Wildman–Crippen LogP) is 2.22. The fourth-order valence-corrected chi connectivity index (χ4v) is 3.66. The normalized spacial score (nSPS) is 21.0. The first-order chi connectivity index (χ1) is 10.5. The fourth-order valence-electron chi connectivity index (χ4n) is 2.51. The van der Waals surface area contributed by atoms with Crippen LogP contribution < -0.4 is 10.4 Å². The highest BCUT2D eigenvalue weighted by Gasteiger charge is 2.30. The van der Waals surface area contributed by atoms with E-state index in [4.69, 9.17) is 11.6 Å². The van der Waals surface area contributed by atoms with E-state index in [1.807, 2.05) is 6.08 Å². The minimum absolute atomic E-state index is 0.315. The average Bonchev–Trinajstić information content (AvgIpc) is 2.88. The van der Waals surface area contributed by atoms with E-state index in [1.165, 1.54) is 11.3 Å². The van der Waals surface area contributed by atoms with Crippen LogP contribution in [0, 0.1) is 11.8 Å². The third kappa shape index (κ3) is 2.98. The van der Waals surface area contributed by atoms with Gasteiger partial charge in [0.05, 0.1) is 16.1 Å². The van der Waals surface area contributed by atoms with E-state index in [0.29, 0.717) is 23.0 Å². The first-order valence-electron chi connectivity index (χ1n) is 6.77. The van der Waals surface area contributed by atoms with Crippen molar-refractivity contribution in [2.75, 3.05) is 5.32 Å². The van der Waals surface area contributed by atoms with Crippen molar-refractivity contribution in [1.82, 2.24) is 4.98 Å². The van der Waals surface area contributed by atoms with Crippen molar-refractivity contribution in [3.63, 3.8) is 0 Å². The topological polar surface area (TPSA) is 82.1 Å². The van der Waals surface area contributed by atoms with Crippen LogP contribution in [0.3, 0.4) is 0 Å². The Morgan fingerprint density at radius 1 is 1.27 bits per heavy atom. The minimum Gasteiger partial charge on any atom is -0.550 e. The molecule has 1 aromatic heterocycles. The Morgan fingerprint density at radius 2 is 2.00 bits per heavy atom. The van der Waals surface area contributed by atoms with Crippen LogP contribution in [-0.4, -0.2) is 16.9 Å². The quantitative estimate of drug-likeness (QED) is 0.872. The second-order valence-corrected chi connectivity index (χ2v) is 6.56. The van der Waals surface area contributed by atoms with E-state index in [0.717, 1.165) is 10.2 Å². The van der Waals surface area contributed by atoms with Crippen LogP contribution in [0.4, 0.5) is 5.13 Å². The number of carboxylic acids is 1. The molecule has 3 rings (SSSR count). The second kappa shape index (κ2) is 6.06. The highest BCUT2D eigenvalue weighted by molar-refractivity contribution is 7.22. The summed E-state index contributed by atoms with van der Waals surface area (Å²) in [5.74, 6) is -2.97. The molecule has 1 N–H and O–H groups in total. The molecule has 0 aliphatic heterocycles. The highest BCUT2D eigenvalue weighted by Crippen LogP contribution is 2.30. The molecule has 1 aromatic carbocycles. The molecular weight excluding hydrogens is 324 g/mol. The molecule has 0 saturated carbocycles. The number of hydrogen-bond acceptors (Lipinski definition) is 5. The zero-order chi connectivity index (χ0) is 15.7. The number of fused-ring (bicyclic) bond motifs is 1. The third-order valence-corrected chi connectivity index (χ3v) is 4.82. The van der Waals surface area contributed by atoms with Crippen LogP contribution in [0.1, 0.15) is 12.8 Å². The number of thiazole rings is 1. The zero-order valence-electron chi connectivity index (χ0n) is 11.4. The maximum atomic E-state index is 12.3. The zero-order valence-corrected chi connectivity index (χ0v) is 13.0. The van der Waals surface area contributed by atoms with Gasteiger partial charge in [0.15, 0.2) is 5.13 Å². The van der Waals surface area contributed by atoms with E-state index in [2.05, 4.69) is 10.3 Å². The number of carbonyl (C=O) groups excluding carboxylic acids is 2. The number of aromatic nitrogens is 1. The predicted molar refractivity (Wildman–Crippen MR) is 83.6 cm³/mol. The molecule has 1 heterocycles. The molecule has 114 valence electrons. The van der Waals surface area contributed by atoms with Gasteiger partial charge in [-0.1, -0.05) is 35.1 Å². The van der Waals surface area contributed by atoms with Crippen LogP contribution >= 0.6 is 22.9 Å². The molecule has 0 bridgehead atoms. The third-order valence-electron chi connectivity index (χ3n) is 3.65. The van der Waals surface area contributed by atoms with Gasteiger partial charge < -0.3 is 15.2 Å². The number of amides is 1. The maximum absolute atomic E-state index is 12.3. The Balaban J connectivity index is 1.80. The van der Waals surface area contributed by atoms with Crippen LogP contribution in [-0.2, 0) is 9.59 Å². The Hall–Kier alpha value is -1.92. The first kappa shape index (κ1) is 15.0. The molecule has 22 heavy (non-hydrogen) atoms. The molecule has 1 aliphatic carbocycles. The summed E-state index contributed by atoms with van der Waals surface area (Å²) in [7, 11) is 0. The average molecular weight is 336 g/mol. The molecule has 0 radical (unpaired) electrons. The molecule has 0 saturated heterocycles. The lowest BCUT2D eigenvalue weighted by Crippen LogP contribution is -2.41. The summed E-state index contributed by atoms with van der Waals surface area (Å²) in [5, 5.41) is 14.9. The first-order valence-corrected chi connectivity index (χ1v) is 7.97. The number of nitrogens with one attached hydrogen (secondary N) is 1. The van der Waals surface area contributed by atoms with Crippen molar-refractivity contribution in [2.45, 2.75) is 12.8 Å². The molecular formula is C15H12ClN2O3S-. The number of aliphatic carboxylic acids is 1. The fraction of sp³-hybridized carbons (Fsp3) is 0.267. The minimum atomic E-state index is -1.19. The largest absolute Gasteiger partial charge is 0.550 e. The molecule has 7 heteroatoms. The van der Waals surface area contributed by atoms with Crippen LogP contribution in [0.5, 0.6) is 0 Å². The van der Waals surface area contributed by atoms with Gasteiger partial charge in [0.1, 0.15) is 0 Å². The molecule has 2 atom stereocenters. The van der Waals surface area contributed by atoms with Gasteiger partial charge >= 0.3 is 0 Å². The summed E-state index contributed by atoms with van der Waals surface area (Å²) < 4.78 is 0.864. The van der Waals surface area contributed by atoms with E-state index in [1.54, 1.807) is 24.3 Å². The van der Waals surface area contributed by atoms with E-state index in [9.17, 15) is 14.7 Å². The summed E-state index contributed by atoms with van der Waals surface area (Å²) in [5.41, 5.74) is 0.740. The van der Waals surface area contributed by atoms with E-state index in [-0.39, 0.29) is 5.91 Å². The maximum Gasteiger partial charge on any atom is 0.230 e. The van der Waals surface area contributed by atoms with Gasteiger partial charge in [-0.05, 0) is 31.0 Å². The molecule has 0 spiro atoms. The van der Waals surface area contributed by atoms with Crippen LogP contribution in [0.2, 0.25) is 5.02 Å². The van der Waals surface area contributed by atoms with Crippen molar-refractivity contribution in [1.29, 1.82) is 0 Å². The standard InChI is InChI=1S/C15H13ClN2O3S/c16-8-5-6-11-12(7-8)22-15(17-11)18-13(19)9-3-1-2-4-10(9)14(20)21/h1-2,5-7,9-10H,3-4H2,(H,20,21)(H,17,18,19)/p-1/t9-,10-/m1/s1. The lowest BCUT2D eigenvalue weighted by Gasteiger charge is -2.27. The van der Waals surface area contributed by atoms with Crippen LogP contribution in [0.15, 0.2) is 30.4 Å². The SMILES string of the molecule is O=C([O-])[C@@H]1CC=CC[C@H]1C(=O)Nc1nc2ccc(Cl)cc2s1. The van der Waals surface area contributed by atoms with Crippen LogP contribution in [0.25, 0.3) is 10.2 Å². The monoisotopic (exact) mass is 335 g/mol. The number of carbonyl (C=O) groups is 2. The Kier molecular flexibility index (Phi) is 4.13. The summed E-state index contributed by atoms with van der Waals surface area (Å²) >= 11 is 7.23. The second-order valence-electron chi connectivity index (χ2n) is 5.10. The van der Waals surface area contributed by atoms with Crippen molar-refractivity contribution in [3.05, 3.63) is 35.4 Å². The summed E-state index contributed by atoms with van der Waals surface area (Å²) in [4.78, 5) is 27.8. The number of rotatable bonds is 3. The molecule has 1 amide bonds. The number of allylic oxidation sites excluding steroid dienone is 2. The number of halogens is 1. The van der Waals surface area contributed by atoms with E-state index >= 15 is 0 Å². The Bertz CT molecular complexity index is 771. The summed E-state index contributed by atoms with van der Waals surface area (Å²) in [6.45, 7) is 0. The van der Waals surface area contributed by atoms with Gasteiger partial charge in [-0.2, -0.15) is 0 Å². The molecule has 0 unspecified atom stereocenters. The van der Waals surface area contributed by atoms with Crippen molar-refractivity contribution >= 4 is 50.2 Å². The van der Waals surface area contributed by atoms with Crippen molar-refractivity contribution in [2.24, 2.45) is 11.8 Å². The highest BCUT2D eigenvalue weighted by atomic mass is 35.5. The number of benzene rings is 1. The van der Waals surface area contributed by atoms with Gasteiger partial charge in [0.2, 0.25) is 5.91 Å². The smallest absolute Gasteiger partial charge is 0.230 e. The van der Waals surface area contributed by atoms with Crippen molar-refractivity contribution in [3.8, 4) is 0 Å². The molecule has 1 aliphatic rings. The van der Waals surface area contributed by atoms with Gasteiger partial charge in [0.25, 0.3) is 0 Å². The van der Waals surface area contributed by atoms with Gasteiger partial charge in [-0.3, -0.25) is 4.79 Å². The summed E-state index contributed by atoms with van der Waals surface area (Å²) in [6.07, 6.45) is 4.29. The molecule has 5 nitrogen and oxygen atoms in total. The Labute approximate surface area is 135 Å². The molecule has 0 fully saturated rings. The van der Waals surface area contributed by atoms with E-state index < -0.39 is 17.8 Å². The van der Waals surface area contributed by atoms with Gasteiger partial charge in [0, 0.05) is 16.9 Å². The number of carboxylic acid groups (broad SMARTS) is 1. The van der Waals surface area contributed by atoms with Gasteiger partial charge in [-0.25, -0.2) is 4.98 Å². The van der Waals surface area contributed by atoms with Crippen molar-refractivity contribution < 1.29 is 14.7 Å². The number of hydrogen-bond donors (Lipinski definition) is 1. The Morgan fingerprint density at radius 3 is 2.73 bits per heavy atom. The lowest BCUT2D eigenvalue weighted by molar-refractivity contribution is -0.313. The summed E-state index contributed by atoms with van der Waals surface area (Å²) in [6, 6.07) is 5.28. The number of nitrogens with zero attached hydrogens (tertiary/aromatic N) is 1. The van der Waals surface area contributed by atoms with Gasteiger partial charge in [-0.15, -0.1) is 0 Å².